The molecule has 0 aromatic rings. The van der Waals surface area contributed by atoms with Crippen molar-refractivity contribution in [2.45, 2.75) is 12.5 Å². The molecule has 0 saturated heterocycles. The second-order valence-corrected chi connectivity index (χ2v) is 3.91. The molecule has 7 heteroatoms. The number of aliphatic hydroxyl groups is 3. The predicted octanol–water partition coefficient (Wildman–Crippen LogP) is -2.40. The topological polar surface area (TPSA) is 114 Å². The lowest BCUT2D eigenvalue weighted by molar-refractivity contribution is 0.243. The summed E-state index contributed by atoms with van der Waals surface area (Å²) in [5.41, 5.74) is 5.13. The molecule has 1 aliphatic heterocycles. The average Bonchev–Trinajstić information content (AvgIpc) is 2.79. The van der Waals surface area contributed by atoms with E-state index in [-0.39, 0.29) is 25.9 Å². The fourth-order valence-corrected chi connectivity index (χ4v) is 1.45. The van der Waals surface area contributed by atoms with Crippen LogP contribution in [0, 0.1) is 0 Å². The Balaban J connectivity index is 0.000000360. The lowest BCUT2D eigenvalue weighted by atomic mass is 10.2. The van der Waals surface area contributed by atoms with E-state index in [0.29, 0.717) is 19.6 Å². The van der Waals surface area contributed by atoms with Crippen LogP contribution in [0.3, 0.4) is 0 Å². The first-order valence-electron chi connectivity index (χ1n) is 6.29. The Labute approximate surface area is 108 Å². The molecule has 0 amide bonds. The van der Waals surface area contributed by atoms with Gasteiger partial charge in [-0.3, -0.25) is 4.99 Å². The van der Waals surface area contributed by atoms with Crippen LogP contribution in [0.4, 0.5) is 0 Å². The van der Waals surface area contributed by atoms with E-state index in [1.807, 2.05) is 4.90 Å². The number of nitrogens with zero attached hydrogens (tertiary/aromatic N) is 2. The van der Waals surface area contributed by atoms with Crippen LogP contribution in [-0.4, -0.2) is 85.1 Å². The SMILES string of the molecule is NCCNCCO.OCCC1CN(CCO)C=N1. The van der Waals surface area contributed by atoms with Gasteiger partial charge in [-0.15, -0.1) is 0 Å². The summed E-state index contributed by atoms with van der Waals surface area (Å²) in [6, 6.07) is 0.228. The Morgan fingerprint density at radius 1 is 1.22 bits per heavy atom. The summed E-state index contributed by atoms with van der Waals surface area (Å²) in [5, 5.41) is 28.3. The van der Waals surface area contributed by atoms with Crippen molar-refractivity contribution in [3.05, 3.63) is 0 Å². The molecule has 0 aromatic heterocycles. The molecule has 1 aliphatic rings. The molecular formula is C11H26N4O3. The molecule has 1 atom stereocenters. The van der Waals surface area contributed by atoms with Crippen molar-refractivity contribution in [2.75, 3.05) is 52.5 Å². The lowest BCUT2D eigenvalue weighted by Gasteiger charge is -2.13. The zero-order valence-electron chi connectivity index (χ0n) is 10.8. The molecule has 1 heterocycles. The van der Waals surface area contributed by atoms with Gasteiger partial charge in [0.2, 0.25) is 0 Å². The Morgan fingerprint density at radius 2 is 2.00 bits per heavy atom. The molecule has 0 bridgehead atoms. The highest BCUT2D eigenvalue weighted by Crippen LogP contribution is 2.05. The summed E-state index contributed by atoms with van der Waals surface area (Å²) in [7, 11) is 0. The Hall–Kier alpha value is -0.730. The molecule has 108 valence electrons. The number of aliphatic hydroxyl groups excluding tert-OH is 3. The van der Waals surface area contributed by atoms with Crippen LogP contribution >= 0.6 is 0 Å². The Morgan fingerprint density at radius 3 is 2.56 bits per heavy atom. The van der Waals surface area contributed by atoms with Crippen molar-refractivity contribution in [3.63, 3.8) is 0 Å². The number of aliphatic imine (C=N–C) groups is 1. The fourth-order valence-electron chi connectivity index (χ4n) is 1.45. The van der Waals surface area contributed by atoms with Crippen molar-refractivity contribution in [1.82, 2.24) is 10.2 Å². The van der Waals surface area contributed by atoms with Gasteiger partial charge >= 0.3 is 0 Å². The molecule has 7 nitrogen and oxygen atoms in total. The summed E-state index contributed by atoms with van der Waals surface area (Å²) in [6.07, 6.45) is 2.47. The standard InChI is InChI=1S/C7H14N2O2.C4H12N2O/c10-3-1-7-5-9(2-4-11)6-8-7;5-1-2-6-3-4-7/h6-7,10-11H,1-5H2;6-7H,1-5H2. The zero-order valence-corrected chi connectivity index (χ0v) is 10.8. The van der Waals surface area contributed by atoms with Gasteiger partial charge in [-0.25, -0.2) is 0 Å². The van der Waals surface area contributed by atoms with E-state index in [4.69, 9.17) is 21.1 Å². The summed E-state index contributed by atoms with van der Waals surface area (Å²) in [4.78, 5) is 6.11. The van der Waals surface area contributed by atoms with E-state index in [0.717, 1.165) is 19.5 Å². The molecule has 0 radical (unpaired) electrons. The van der Waals surface area contributed by atoms with Gasteiger partial charge in [-0.05, 0) is 6.42 Å². The molecule has 6 N–H and O–H groups in total. The first-order valence-corrected chi connectivity index (χ1v) is 6.29. The summed E-state index contributed by atoms with van der Waals surface area (Å²) in [6.45, 7) is 4.11. The Bertz CT molecular complexity index is 187. The maximum absolute atomic E-state index is 8.60. The number of rotatable bonds is 8. The number of nitrogens with two attached hydrogens (primary N) is 1. The van der Waals surface area contributed by atoms with Crippen LogP contribution in [-0.2, 0) is 0 Å². The highest BCUT2D eigenvalue weighted by Gasteiger charge is 2.15. The minimum Gasteiger partial charge on any atom is -0.396 e. The monoisotopic (exact) mass is 262 g/mol. The molecule has 1 unspecified atom stereocenters. The molecular weight excluding hydrogens is 236 g/mol. The summed E-state index contributed by atoms with van der Waals surface area (Å²) >= 11 is 0. The van der Waals surface area contributed by atoms with Crippen LogP contribution in [0.2, 0.25) is 0 Å². The van der Waals surface area contributed by atoms with Gasteiger partial charge in [-0.2, -0.15) is 0 Å². The molecule has 1 rings (SSSR count). The van der Waals surface area contributed by atoms with E-state index in [1.54, 1.807) is 6.34 Å². The normalized spacial score (nSPS) is 17.8. The van der Waals surface area contributed by atoms with Crippen LogP contribution in [0.15, 0.2) is 4.99 Å². The van der Waals surface area contributed by atoms with Crippen molar-refractivity contribution >= 4 is 6.34 Å². The maximum atomic E-state index is 8.60. The zero-order chi connectivity index (χ0) is 13.6. The number of β-amino-alcohol motifs (C(OH)–C–C–N with tert-alkyl or cyclic N) is 1. The lowest BCUT2D eigenvalue weighted by Crippen LogP contribution is -2.26. The maximum Gasteiger partial charge on any atom is 0.0855 e. The largest absolute Gasteiger partial charge is 0.396 e. The summed E-state index contributed by atoms with van der Waals surface area (Å²) < 4.78 is 0. The fraction of sp³-hybridized carbons (Fsp3) is 0.909. The third kappa shape index (κ3) is 9.32. The van der Waals surface area contributed by atoms with Crippen LogP contribution in [0.5, 0.6) is 0 Å². The first kappa shape index (κ1) is 17.3. The van der Waals surface area contributed by atoms with Crippen LogP contribution < -0.4 is 11.1 Å². The molecule has 0 saturated carbocycles. The van der Waals surface area contributed by atoms with Crippen molar-refractivity contribution < 1.29 is 15.3 Å². The second kappa shape index (κ2) is 12.7. The van der Waals surface area contributed by atoms with Gasteiger partial charge in [-0.1, -0.05) is 0 Å². The van der Waals surface area contributed by atoms with Gasteiger partial charge in [0.25, 0.3) is 0 Å². The van der Waals surface area contributed by atoms with Crippen LogP contribution in [0.1, 0.15) is 6.42 Å². The molecule has 0 aliphatic carbocycles. The summed E-state index contributed by atoms with van der Waals surface area (Å²) in [5.74, 6) is 0. The van der Waals surface area contributed by atoms with Crippen molar-refractivity contribution in [3.8, 4) is 0 Å². The second-order valence-electron chi connectivity index (χ2n) is 3.91. The molecule has 0 fully saturated rings. The van der Waals surface area contributed by atoms with Gasteiger partial charge in [0, 0.05) is 39.3 Å². The average molecular weight is 262 g/mol. The smallest absolute Gasteiger partial charge is 0.0855 e. The van der Waals surface area contributed by atoms with Gasteiger partial charge in [0.1, 0.15) is 0 Å². The minimum absolute atomic E-state index is 0.165. The first-order chi connectivity index (χ1) is 8.78. The van der Waals surface area contributed by atoms with Crippen molar-refractivity contribution in [1.29, 1.82) is 0 Å². The highest BCUT2D eigenvalue weighted by atomic mass is 16.3. The number of nitrogens with one attached hydrogen (secondary N) is 1. The quantitative estimate of drug-likeness (QED) is 0.312. The van der Waals surface area contributed by atoms with E-state index >= 15 is 0 Å². The molecule has 0 spiro atoms. The predicted molar refractivity (Wildman–Crippen MR) is 71.7 cm³/mol. The van der Waals surface area contributed by atoms with Gasteiger partial charge in [0.05, 0.1) is 25.6 Å². The minimum atomic E-state index is 0.165. The van der Waals surface area contributed by atoms with Crippen molar-refractivity contribution in [2.24, 2.45) is 10.7 Å². The van der Waals surface area contributed by atoms with Gasteiger partial charge < -0.3 is 31.3 Å². The number of hydrogen-bond donors (Lipinski definition) is 5. The highest BCUT2D eigenvalue weighted by molar-refractivity contribution is 5.57. The molecule has 18 heavy (non-hydrogen) atoms. The third-order valence-electron chi connectivity index (χ3n) is 2.35. The number of hydrogen-bond acceptors (Lipinski definition) is 7. The van der Waals surface area contributed by atoms with Crippen LogP contribution in [0.25, 0.3) is 0 Å². The van der Waals surface area contributed by atoms with E-state index < -0.39 is 0 Å². The Kier molecular flexibility index (Phi) is 12.2. The third-order valence-corrected chi connectivity index (χ3v) is 2.35. The van der Waals surface area contributed by atoms with E-state index in [9.17, 15) is 0 Å². The van der Waals surface area contributed by atoms with E-state index in [1.165, 1.54) is 0 Å². The van der Waals surface area contributed by atoms with Gasteiger partial charge in [0.15, 0.2) is 0 Å². The molecule has 0 aromatic carbocycles. The van der Waals surface area contributed by atoms with E-state index in [2.05, 4.69) is 10.3 Å².